The maximum atomic E-state index is 13.6. The molecule has 1 aliphatic heterocycles. The molecule has 0 radical (unpaired) electrons. The molecular formula is C10H9FN2O6S. The monoisotopic (exact) mass is 304 g/mol. The number of amides is 1. The number of benzene rings is 1. The Morgan fingerprint density at radius 1 is 1.55 bits per heavy atom. The van der Waals surface area contributed by atoms with Crippen LogP contribution in [0.2, 0.25) is 0 Å². The summed E-state index contributed by atoms with van der Waals surface area (Å²) in [7, 11) is -4.06. The molecule has 0 fully saturated rings. The average molecular weight is 304 g/mol. The van der Waals surface area contributed by atoms with Gasteiger partial charge in [0.05, 0.1) is 23.0 Å². The van der Waals surface area contributed by atoms with Crippen LogP contribution in [-0.4, -0.2) is 26.0 Å². The van der Waals surface area contributed by atoms with Gasteiger partial charge in [0.2, 0.25) is 15.8 Å². The fourth-order valence-electron chi connectivity index (χ4n) is 1.84. The molecule has 0 bridgehead atoms. The molecular weight excluding hydrogens is 295 g/mol. The summed E-state index contributed by atoms with van der Waals surface area (Å²) in [5, 5.41) is 10.6. The van der Waals surface area contributed by atoms with Crippen molar-refractivity contribution in [3.63, 3.8) is 0 Å². The lowest BCUT2D eigenvalue weighted by Crippen LogP contribution is -2.34. The Bertz CT molecular complexity index is 702. The van der Waals surface area contributed by atoms with Gasteiger partial charge in [-0.2, -0.15) is 8.70 Å². The number of hydrogen-bond acceptors (Lipinski definition) is 6. The number of halogens is 1. The molecule has 0 spiro atoms. The minimum atomic E-state index is -4.06. The second-order valence-electron chi connectivity index (χ2n) is 3.91. The van der Waals surface area contributed by atoms with E-state index in [0.29, 0.717) is 10.4 Å². The molecule has 8 nitrogen and oxygen atoms in total. The minimum Gasteiger partial charge on any atom is -0.449 e. The number of rotatable bonds is 2. The number of anilines is 1. The number of nitro benzene ring substituents is 1. The third-order valence-electron chi connectivity index (χ3n) is 2.61. The third-order valence-corrected chi connectivity index (χ3v) is 4.19. The summed E-state index contributed by atoms with van der Waals surface area (Å²) in [5.41, 5.74) is -1.12. The second kappa shape index (κ2) is 4.71. The van der Waals surface area contributed by atoms with E-state index in [1.165, 1.54) is 6.92 Å². The van der Waals surface area contributed by atoms with Crippen molar-refractivity contribution in [3.8, 4) is 0 Å². The van der Waals surface area contributed by atoms with Crippen molar-refractivity contribution in [2.75, 3.05) is 10.9 Å². The minimum absolute atomic E-state index is 0.0221. The maximum Gasteiger partial charge on any atom is 0.428 e. The van der Waals surface area contributed by atoms with Gasteiger partial charge in [0.1, 0.15) is 0 Å². The fraction of sp³-hybridized carbons (Fsp3) is 0.300. The highest BCUT2D eigenvalue weighted by atomic mass is 32.2. The summed E-state index contributed by atoms with van der Waals surface area (Å²) in [6, 6.07) is 1.45. The summed E-state index contributed by atoms with van der Waals surface area (Å²) >= 11 is 0. The van der Waals surface area contributed by atoms with E-state index in [4.69, 9.17) is 0 Å². The van der Waals surface area contributed by atoms with Crippen LogP contribution in [0.3, 0.4) is 0 Å². The lowest BCUT2D eigenvalue weighted by Gasteiger charge is -2.15. The summed E-state index contributed by atoms with van der Waals surface area (Å²) in [4.78, 5) is 21.3. The molecule has 108 valence electrons. The number of sulfonamides is 1. The second-order valence-corrected chi connectivity index (χ2v) is 5.73. The summed E-state index contributed by atoms with van der Waals surface area (Å²) < 4.78 is 42.2. The van der Waals surface area contributed by atoms with Crippen LogP contribution in [0.5, 0.6) is 0 Å². The van der Waals surface area contributed by atoms with E-state index in [1.54, 1.807) is 0 Å². The van der Waals surface area contributed by atoms with Gasteiger partial charge in [-0.3, -0.25) is 10.1 Å². The molecule has 0 unspecified atom stereocenters. The topological polar surface area (TPSA) is 107 Å². The van der Waals surface area contributed by atoms with Crippen molar-refractivity contribution >= 4 is 27.5 Å². The van der Waals surface area contributed by atoms with Gasteiger partial charge < -0.3 is 4.74 Å². The molecule has 1 heterocycles. The number of ether oxygens (including phenoxy) is 1. The lowest BCUT2D eigenvalue weighted by atomic mass is 10.1. The van der Waals surface area contributed by atoms with E-state index in [-0.39, 0.29) is 17.9 Å². The first-order valence-electron chi connectivity index (χ1n) is 5.44. The smallest absolute Gasteiger partial charge is 0.428 e. The Hall–Kier alpha value is -2.23. The summed E-state index contributed by atoms with van der Waals surface area (Å²) in [5.74, 6) is -1.84. The first-order chi connectivity index (χ1) is 9.27. The standard InChI is InChI=1S/C10H9FN2O6S/c1-2-19-10(14)12-8-4-7(11)9(13(15)16)3-6(8)5-20(12,17)18/h3-4H,2,5H2,1H3. The van der Waals surface area contributed by atoms with Crippen molar-refractivity contribution < 1.29 is 27.3 Å². The van der Waals surface area contributed by atoms with Crippen molar-refractivity contribution in [3.05, 3.63) is 33.6 Å². The fourth-order valence-corrected chi connectivity index (χ4v) is 3.35. The number of hydrogen-bond donors (Lipinski definition) is 0. The first-order valence-corrected chi connectivity index (χ1v) is 7.05. The molecule has 20 heavy (non-hydrogen) atoms. The van der Waals surface area contributed by atoms with Crippen LogP contribution in [0.4, 0.5) is 20.6 Å². The molecule has 0 atom stereocenters. The Morgan fingerprint density at radius 2 is 2.20 bits per heavy atom. The van der Waals surface area contributed by atoms with Gasteiger partial charge in [-0.15, -0.1) is 0 Å². The number of carbonyl (C=O) groups excluding carboxylic acids is 1. The molecule has 1 aliphatic rings. The number of nitrogens with zero attached hydrogens (tertiary/aromatic N) is 2. The van der Waals surface area contributed by atoms with Gasteiger partial charge in [0.15, 0.2) is 0 Å². The highest BCUT2D eigenvalue weighted by Crippen LogP contribution is 2.37. The number of fused-ring (bicyclic) bond motifs is 1. The van der Waals surface area contributed by atoms with Gasteiger partial charge in [-0.05, 0) is 6.92 Å². The quantitative estimate of drug-likeness (QED) is 0.606. The van der Waals surface area contributed by atoms with Crippen molar-refractivity contribution in [2.24, 2.45) is 0 Å². The highest BCUT2D eigenvalue weighted by Gasteiger charge is 2.41. The van der Waals surface area contributed by atoms with Crippen molar-refractivity contribution in [1.29, 1.82) is 0 Å². The van der Waals surface area contributed by atoms with E-state index >= 15 is 0 Å². The van der Waals surface area contributed by atoms with Crippen LogP contribution in [0.1, 0.15) is 12.5 Å². The zero-order valence-electron chi connectivity index (χ0n) is 10.2. The van der Waals surface area contributed by atoms with Crippen LogP contribution < -0.4 is 4.31 Å². The lowest BCUT2D eigenvalue weighted by molar-refractivity contribution is -0.387. The maximum absolute atomic E-state index is 13.6. The van der Waals surface area contributed by atoms with Crippen molar-refractivity contribution in [1.82, 2.24) is 0 Å². The van der Waals surface area contributed by atoms with Crippen LogP contribution in [0, 0.1) is 15.9 Å². The van der Waals surface area contributed by atoms with E-state index in [9.17, 15) is 27.7 Å². The third kappa shape index (κ3) is 2.18. The average Bonchev–Trinajstić information content (AvgIpc) is 2.57. The number of carbonyl (C=O) groups is 1. The predicted molar refractivity (Wildman–Crippen MR) is 65.2 cm³/mol. The van der Waals surface area contributed by atoms with Gasteiger partial charge in [-0.25, -0.2) is 13.2 Å². The zero-order chi connectivity index (χ0) is 15.1. The van der Waals surface area contributed by atoms with E-state index < -0.39 is 38.3 Å². The van der Waals surface area contributed by atoms with E-state index in [1.807, 2.05) is 0 Å². The SMILES string of the molecule is CCOC(=O)N1c2cc(F)c([N+](=O)[O-])cc2CS1(=O)=O. The molecule has 10 heteroatoms. The van der Waals surface area contributed by atoms with Gasteiger partial charge >= 0.3 is 11.8 Å². The highest BCUT2D eigenvalue weighted by molar-refractivity contribution is 7.93. The molecule has 1 aromatic rings. The molecule has 0 aromatic heterocycles. The molecule has 0 saturated carbocycles. The molecule has 0 aliphatic carbocycles. The molecule has 0 saturated heterocycles. The number of nitro groups is 1. The summed E-state index contributed by atoms with van der Waals surface area (Å²) in [6.45, 7) is 1.42. The first kappa shape index (κ1) is 14.2. The molecule has 2 rings (SSSR count). The Kier molecular flexibility index (Phi) is 3.34. The van der Waals surface area contributed by atoms with Gasteiger partial charge in [-0.1, -0.05) is 0 Å². The normalized spacial score (nSPS) is 15.8. The van der Waals surface area contributed by atoms with Crippen LogP contribution in [-0.2, 0) is 20.5 Å². The summed E-state index contributed by atoms with van der Waals surface area (Å²) in [6.07, 6.45) is -1.17. The Balaban J connectivity index is 2.58. The predicted octanol–water partition coefficient (Wildman–Crippen LogP) is 1.54. The van der Waals surface area contributed by atoms with Crippen LogP contribution >= 0.6 is 0 Å². The Labute approximate surface area is 112 Å². The molecule has 0 N–H and O–H groups in total. The van der Waals surface area contributed by atoms with Gasteiger partial charge in [0, 0.05) is 17.7 Å². The van der Waals surface area contributed by atoms with Gasteiger partial charge in [0.25, 0.3) is 0 Å². The Morgan fingerprint density at radius 3 is 2.75 bits per heavy atom. The van der Waals surface area contributed by atoms with E-state index in [2.05, 4.69) is 4.74 Å². The molecule has 1 aromatic carbocycles. The van der Waals surface area contributed by atoms with Crippen LogP contribution in [0.25, 0.3) is 0 Å². The van der Waals surface area contributed by atoms with Crippen molar-refractivity contribution in [2.45, 2.75) is 12.7 Å². The zero-order valence-corrected chi connectivity index (χ0v) is 11.0. The van der Waals surface area contributed by atoms with E-state index in [0.717, 1.165) is 6.07 Å². The largest absolute Gasteiger partial charge is 0.449 e. The molecule has 1 amide bonds. The van der Waals surface area contributed by atoms with Crippen LogP contribution in [0.15, 0.2) is 12.1 Å².